The molecule has 1 aromatic carbocycles. The van der Waals surface area contributed by atoms with E-state index in [1.165, 1.54) is 0 Å². The zero-order valence-electron chi connectivity index (χ0n) is 15.7. The van der Waals surface area contributed by atoms with Gasteiger partial charge in [0.05, 0.1) is 11.0 Å². The van der Waals surface area contributed by atoms with Crippen LogP contribution in [0.25, 0.3) is 11.0 Å². The van der Waals surface area contributed by atoms with Crippen LogP contribution in [-0.2, 0) is 23.1 Å². The van der Waals surface area contributed by atoms with Crippen molar-refractivity contribution in [3.8, 4) is 0 Å². The Labute approximate surface area is 149 Å². The first-order chi connectivity index (χ1) is 11.9. The highest BCUT2D eigenvalue weighted by atomic mass is 16.1. The molecule has 0 unspecified atom stereocenters. The lowest BCUT2D eigenvalue weighted by Gasteiger charge is -2.10. The first-order valence-corrected chi connectivity index (χ1v) is 8.60. The number of benzene rings is 1. The highest BCUT2D eigenvalue weighted by Crippen LogP contribution is 2.21. The quantitative estimate of drug-likeness (QED) is 0.557. The summed E-state index contributed by atoms with van der Waals surface area (Å²) in [7, 11) is 2.01. The molecule has 25 heavy (non-hydrogen) atoms. The topological polar surface area (TPSA) is 52.0 Å². The van der Waals surface area contributed by atoms with E-state index in [1.54, 1.807) is 6.92 Å². The molecule has 132 valence electrons. The van der Waals surface area contributed by atoms with Crippen LogP contribution in [0.5, 0.6) is 0 Å². The van der Waals surface area contributed by atoms with Gasteiger partial charge in [0.25, 0.3) is 0 Å². The van der Waals surface area contributed by atoms with Crippen LogP contribution < -0.4 is 0 Å². The number of Topliss-reactive ketones (excluding diaryl/α,β-unsaturated/α-hetero) is 1. The van der Waals surface area contributed by atoms with Crippen molar-refractivity contribution >= 4 is 23.1 Å². The molecular formula is C21H26N2O2. The van der Waals surface area contributed by atoms with Crippen LogP contribution in [0.3, 0.4) is 0 Å². The number of carbonyl (C=O) groups is 2. The van der Waals surface area contributed by atoms with Gasteiger partial charge in [0.1, 0.15) is 12.1 Å². The fourth-order valence-electron chi connectivity index (χ4n) is 2.86. The second-order valence-corrected chi connectivity index (χ2v) is 6.66. The number of aromatic nitrogens is 2. The van der Waals surface area contributed by atoms with Gasteiger partial charge in [-0.25, -0.2) is 4.98 Å². The molecule has 4 heteroatoms. The molecule has 0 atom stereocenters. The summed E-state index contributed by atoms with van der Waals surface area (Å²) < 4.78 is 2.09. The number of aldehydes is 1. The molecule has 0 amide bonds. The summed E-state index contributed by atoms with van der Waals surface area (Å²) in [5.74, 6) is 0.977. The van der Waals surface area contributed by atoms with Crippen LogP contribution in [0.4, 0.5) is 0 Å². The second kappa shape index (κ2) is 8.06. The standard InChI is InChI=1S/C21H26N2O2/c1-14(2)16(4)21(25)17(15(3)13-24)9-8-12-20-22-18-10-6-7-11-19(18)23(20)5/h6-7,10-11,13H,8-9,12H2,1-5H3/b17-15-. The Hall–Kier alpha value is -2.49. The van der Waals surface area contributed by atoms with E-state index < -0.39 is 0 Å². The first kappa shape index (κ1) is 18.8. The van der Waals surface area contributed by atoms with Crippen molar-refractivity contribution in [1.29, 1.82) is 0 Å². The van der Waals surface area contributed by atoms with E-state index in [-0.39, 0.29) is 5.78 Å². The van der Waals surface area contributed by atoms with Gasteiger partial charge in [-0.05, 0) is 63.8 Å². The maximum Gasteiger partial charge on any atom is 0.185 e. The normalized spacial score (nSPS) is 12.0. The largest absolute Gasteiger partial charge is 0.331 e. The molecule has 0 radical (unpaired) electrons. The molecule has 1 aromatic heterocycles. The van der Waals surface area contributed by atoms with Crippen LogP contribution in [0.2, 0.25) is 0 Å². The number of ketones is 1. The average Bonchev–Trinajstić information content (AvgIpc) is 2.93. The summed E-state index contributed by atoms with van der Waals surface area (Å²) in [5.41, 5.74) is 4.93. The van der Waals surface area contributed by atoms with Crippen molar-refractivity contribution in [1.82, 2.24) is 9.55 Å². The lowest BCUT2D eigenvalue weighted by molar-refractivity contribution is -0.113. The van der Waals surface area contributed by atoms with Crippen LogP contribution in [-0.4, -0.2) is 21.6 Å². The predicted octanol–water partition coefficient (Wildman–Crippen LogP) is 4.34. The number of rotatable bonds is 7. The maximum atomic E-state index is 12.6. The van der Waals surface area contributed by atoms with Crippen LogP contribution in [0.15, 0.2) is 46.6 Å². The van der Waals surface area contributed by atoms with Gasteiger partial charge in [0, 0.05) is 19.0 Å². The number of hydrogen-bond donors (Lipinski definition) is 0. The summed E-state index contributed by atoms with van der Waals surface area (Å²) in [5, 5.41) is 0. The third-order valence-electron chi connectivity index (χ3n) is 4.72. The number of aryl methyl sites for hydroxylation is 2. The van der Waals surface area contributed by atoms with Crippen molar-refractivity contribution < 1.29 is 9.59 Å². The zero-order chi connectivity index (χ0) is 18.6. The maximum absolute atomic E-state index is 12.6. The number of carbonyl (C=O) groups excluding carboxylic acids is 2. The first-order valence-electron chi connectivity index (χ1n) is 8.60. The number of imidazole rings is 1. The molecule has 0 bridgehead atoms. The van der Waals surface area contributed by atoms with E-state index >= 15 is 0 Å². The van der Waals surface area contributed by atoms with Crippen molar-refractivity contribution in [3.63, 3.8) is 0 Å². The fraction of sp³-hybridized carbons (Fsp3) is 0.381. The Morgan fingerprint density at radius 2 is 1.84 bits per heavy atom. The van der Waals surface area contributed by atoms with Crippen molar-refractivity contribution in [2.75, 3.05) is 0 Å². The average molecular weight is 338 g/mol. The Morgan fingerprint density at radius 1 is 1.16 bits per heavy atom. The summed E-state index contributed by atoms with van der Waals surface area (Å²) >= 11 is 0. The molecule has 0 aliphatic heterocycles. The molecule has 4 nitrogen and oxygen atoms in total. The van der Waals surface area contributed by atoms with E-state index in [1.807, 2.05) is 46.0 Å². The van der Waals surface area contributed by atoms with Crippen LogP contribution in [0.1, 0.15) is 46.4 Å². The van der Waals surface area contributed by atoms with Crippen molar-refractivity contribution in [2.24, 2.45) is 7.05 Å². The Morgan fingerprint density at radius 3 is 2.44 bits per heavy atom. The Kier molecular flexibility index (Phi) is 6.07. The fourth-order valence-corrected chi connectivity index (χ4v) is 2.86. The minimum atomic E-state index is -0.0189. The molecular weight excluding hydrogens is 312 g/mol. The second-order valence-electron chi connectivity index (χ2n) is 6.66. The minimum absolute atomic E-state index is 0.0189. The molecule has 0 aliphatic carbocycles. The lowest BCUT2D eigenvalue weighted by Crippen LogP contribution is -2.09. The van der Waals surface area contributed by atoms with Gasteiger partial charge in [0.2, 0.25) is 0 Å². The molecule has 0 spiro atoms. The zero-order valence-corrected chi connectivity index (χ0v) is 15.7. The summed E-state index contributed by atoms with van der Waals surface area (Å²) in [6.45, 7) is 7.37. The lowest BCUT2D eigenvalue weighted by atomic mass is 9.93. The van der Waals surface area contributed by atoms with E-state index in [0.717, 1.165) is 47.1 Å². The van der Waals surface area contributed by atoms with E-state index in [2.05, 4.69) is 15.6 Å². The smallest absolute Gasteiger partial charge is 0.185 e. The molecule has 1 heterocycles. The summed E-state index contributed by atoms with van der Waals surface area (Å²) in [6, 6.07) is 8.04. The highest BCUT2D eigenvalue weighted by Gasteiger charge is 2.16. The molecule has 2 rings (SSSR count). The number of nitrogens with zero attached hydrogens (tertiary/aromatic N) is 2. The summed E-state index contributed by atoms with van der Waals surface area (Å²) in [6.07, 6.45) is 2.90. The van der Waals surface area contributed by atoms with E-state index in [9.17, 15) is 9.59 Å². The van der Waals surface area contributed by atoms with Gasteiger partial charge < -0.3 is 4.57 Å². The highest BCUT2D eigenvalue weighted by molar-refractivity contribution is 6.10. The molecule has 0 N–H and O–H groups in total. The summed E-state index contributed by atoms with van der Waals surface area (Å²) in [4.78, 5) is 28.5. The number of fused-ring (bicyclic) bond motifs is 1. The third kappa shape index (κ3) is 4.13. The van der Waals surface area contributed by atoms with Gasteiger partial charge in [-0.15, -0.1) is 0 Å². The van der Waals surface area contributed by atoms with Gasteiger partial charge in [-0.1, -0.05) is 17.7 Å². The number of para-hydroxylation sites is 2. The van der Waals surface area contributed by atoms with Crippen LogP contribution >= 0.6 is 0 Å². The molecule has 0 saturated heterocycles. The molecule has 0 fully saturated rings. The minimum Gasteiger partial charge on any atom is -0.331 e. The predicted molar refractivity (Wildman–Crippen MR) is 101 cm³/mol. The Balaban J connectivity index is 2.16. The van der Waals surface area contributed by atoms with Crippen LogP contribution in [0, 0.1) is 0 Å². The van der Waals surface area contributed by atoms with Gasteiger partial charge in [0.15, 0.2) is 5.78 Å². The monoisotopic (exact) mass is 338 g/mol. The molecule has 2 aromatic rings. The van der Waals surface area contributed by atoms with E-state index in [0.29, 0.717) is 17.6 Å². The molecule has 0 aliphatic rings. The third-order valence-corrected chi connectivity index (χ3v) is 4.72. The Bertz CT molecular complexity index is 865. The number of allylic oxidation sites excluding steroid dienone is 4. The van der Waals surface area contributed by atoms with Crippen molar-refractivity contribution in [2.45, 2.75) is 47.0 Å². The SMILES string of the molecule is CC(C)=C(C)C(=O)/C(CCCc1nc2ccccc2n1C)=C(/C)C=O. The van der Waals surface area contributed by atoms with Gasteiger partial charge in [-0.2, -0.15) is 0 Å². The van der Waals surface area contributed by atoms with E-state index in [4.69, 9.17) is 0 Å². The van der Waals surface area contributed by atoms with Crippen molar-refractivity contribution in [3.05, 3.63) is 52.4 Å². The molecule has 0 saturated carbocycles. The van der Waals surface area contributed by atoms with Gasteiger partial charge >= 0.3 is 0 Å². The number of hydrogen-bond acceptors (Lipinski definition) is 3. The van der Waals surface area contributed by atoms with Gasteiger partial charge in [-0.3, -0.25) is 9.59 Å².